The van der Waals surface area contributed by atoms with Crippen LogP contribution >= 0.6 is 0 Å². The van der Waals surface area contributed by atoms with Gasteiger partial charge in [0.2, 0.25) is 0 Å². The Labute approximate surface area is 573 Å². The summed E-state index contributed by atoms with van der Waals surface area (Å²) >= 11 is 0. The van der Waals surface area contributed by atoms with Gasteiger partial charge in [-0.05, 0) is 94.9 Å². The van der Waals surface area contributed by atoms with E-state index in [-0.39, 0.29) is 0 Å². The van der Waals surface area contributed by atoms with Gasteiger partial charge in [0.15, 0.2) is 5.82 Å². The Morgan fingerprint density at radius 1 is 0.238 bits per heavy atom. The van der Waals surface area contributed by atoms with Gasteiger partial charge in [0.05, 0.1) is 72.1 Å². The number of aromatic amines is 3. The number of fused-ring (bicyclic) bond motifs is 19. The van der Waals surface area contributed by atoms with E-state index in [4.69, 9.17) is 44.9 Å². The summed E-state index contributed by atoms with van der Waals surface area (Å²) in [7, 11) is 0. The van der Waals surface area contributed by atoms with Gasteiger partial charge in [-0.15, -0.1) is 0 Å². The smallest absolute Gasteiger partial charge is 0.160 e. The Kier molecular flexibility index (Phi) is 11.6. The number of rotatable bonds is 7. The molecule has 0 saturated carbocycles. The third-order valence-corrected chi connectivity index (χ3v) is 20.7. The van der Waals surface area contributed by atoms with E-state index in [1.54, 1.807) is 0 Å². The minimum atomic E-state index is 0.470. The van der Waals surface area contributed by atoms with Crippen molar-refractivity contribution >= 4 is 153 Å². The molecule has 10 aromatic heterocycles. The van der Waals surface area contributed by atoms with E-state index in [1.807, 2.05) is 49.2 Å². The number of hydrogen-bond acceptors (Lipinski definition) is 9. The molecule has 0 aliphatic carbocycles. The second kappa shape index (κ2) is 21.3. The van der Waals surface area contributed by atoms with Crippen molar-refractivity contribution in [2.24, 2.45) is 0 Å². The zero-order valence-electron chi connectivity index (χ0n) is 53.7. The molecule has 12 heteroatoms. The van der Waals surface area contributed by atoms with Gasteiger partial charge < -0.3 is 15.0 Å². The Balaban J connectivity index is 1.02. The maximum atomic E-state index is 6.52. The Hall–Kier alpha value is -14.0. The van der Waals surface area contributed by atoms with Crippen LogP contribution in [0, 0.1) is 0 Å². The van der Waals surface area contributed by atoms with Crippen molar-refractivity contribution in [1.82, 2.24) is 59.8 Å². The molecule has 0 aliphatic rings. The maximum absolute atomic E-state index is 6.52. The van der Waals surface area contributed by atoms with Gasteiger partial charge in [-0.1, -0.05) is 182 Å². The molecule has 0 amide bonds. The number of benzene rings is 12. The van der Waals surface area contributed by atoms with Gasteiger partial charge in [0, 0.05) is 157 Å². The zero-order valence-corrected chi connectivity index (χ0v) is 53.7. The van der Waals surface area contributed by atoms with Crippen molar-refractivity contribution in [3.63, 3.8) is 0 Å². The molecule has 22 rings (SSSR count). The molecule has 0 unspecified atom stereocenters. The zero-order chi connectivity index (χ0) is 66.0. The predicted octanol–water partition coefficient (Wildman–Crippen LogP) is 22.0. The predicted molar refractivity (Wildman–Crippen MR) is 413 cm³/mol. The van der Waals surface area contributed by atoms with E-state index < -0.39 is 0 Å². The third kappa shape index (κ3) is 8.15. The van der Waals surface area contributed by atoms with Crippen LogP contribution < -0.4 is 0 Å². The first-order valence-corrected chi connectivity index (χ1v) is 33.8. The summed E-state index contributed by atoms with van der Waals surface area (Å²) in [5.74, 6) is 0.470. The summed E-state index contributed by atoms with van der Waals surface area (Å²) < 4.78 is 0. The molecule has 0 aliphatic heterocycles. The van der Waals surface area contributed by atoms with Gasteiger partial charge in [-0.25, -0.2) is 29.9 Å². The SMILES string of the molecule is c1cnc(-c2c(-c3cccc4nc5ccccc5cc34)c(-c3cccc4ncc5ccccc5c34)c3nc4c(-c5nccc6c5[nH]c5ccccc56)c(-c5cccc6c5[nH]c5ccccc56)c(-c5cccc6c5[nH]c5ccccc56)cc4nc3c2-c2ccc3ccc4cccnc4c3n2)nc1. The molecule has 0 bridgehead atoms. The number of aromatic nitrogens is 12. The number of nitrogens with one attached hydrogen (secondary N) is 3. The maximum Gasteiger partial charge on any atom is 0.160 e. The van der Waals surface area contributed by atoms with Crippen molar-refractivity contribution in [3.05, 3.63) is 286 Å². The lowest BCUT2D eigenvalue weighted by Crippen LogP contribution is -2.05. The highest BCUT2D eigenvalue weighted by molar-refractivity contribution is 6.27. The summed E-state index contributed by atoms with van der Waals surface area (Å²) in [5, 5.41) is 13.3. The lowest BCUT2D eigenvalue weighted by atomic mass is 9.81. The quantitative estimate of drug-likeness (QED) is 0.104. The number of nitrogens with zero attached hydrogens (tertiary/aromatic N) is 9. The van der Waals surface area contributed by atoms with Crippen LogP contribution in [0.5, 0.6) is 0 Å². The molecule has 10 heterocycles. The normalized spacial score (nSPS) is 12.2. The van der Waals surface area contributed by atoms with Gasteiger partial charge in [-0.3, -0.25) is 15.0 Å². The first-order chi connectivity index (χ1) is 50.1. The molecule has 0 radical (unpaired) electrons. The van der Waals surface area contributed by atoms with E-state index >= 15 is 0 Å². The van der Waals surface area contributed by atoms with Gasteiger partial charge in [0.25, 0.3) is 0 Å². The van der Waals surface area contributed by atoms with E-state index in [0.717, 1.165) is 181 Å². The van der Waals surface area contributed by atoms with Gasteiger partial charge in [0.1, 0.15) is 5.52 Å². The minimum Gasteiger partial charge on any atom is -0.354 e. The molecule has 466 valence electrons. The van der Waals surface area contributed by atoms with Crippen molar-refractivity contribution in [2.75, 3.05) is 0 Å². The molecule has 0 atom stereocenters. The van der Waals surface area contributed by atoms with Crippen LogP contribution in [0.15, 0.2) is 286 Å². The Bertz CT molecular complexity index is 7360. The molecule has 22 aromatic rings. The second-order valence-electron chi connectivity index (χ2n) is 26.1. The largest absolute Gasteiger partial charge is 0.354 e. The van der Waals surface area contributed by atoms with Crippen LogP contribution in [0.2, 0.25) is 0 Å². The molecule has 12 aromatic carbocycles. The van der Waals surface area contributed by atoms with Crippen LogP contribution in [0.1, 0.15) is 0 Å². The molecule has 0 fully saturated rings. The highest BCUT2D eigenvalue weighted by atomic mass is 14.9. The van der Waals surface area contributed by atoms with Crippen molar-refractivity contribution < 1.29 is 0 Å². The Morgan fingerprint density at radius 2 is 0.822 bits per heavy atom. The van der Waals surface area contributed by atoms with Crippen molar-refractivity contribution in [2.45, 2.75) is 0 Å². The number of para-hydroxylation sites is 6. The average Bonchev–Trinajstić information content (AvgIpc) is 1.52. The fraction of sp³-hybridized carbons (Fsp3) is 0. The highest BCUT2D eigenvalue weighted by Gasteiger charge is 2.33. The summed E-state index contributed by atoms with van der Waals surface area (Å²) in [4.78, 5) is 62.6. The van der Waals surface area contributed by atoms with Crippen LogP contribution in [0.25, 0.3) is 231 Å². The molecule has 3 N–H and O–H groups in total. The van der Waals surface area contributed by atoms with Crippen LogP contribution in [0.3, 0.4) is 0 Å². The van der Waals surface area contributed by atoms with Crippen LogP contribution in [-0.4, -0.2) is 59.8 Å². The Morgan fingerprint density at radius 3 is 1.60 bits per heavy atom. The van der Waals surface area contributed by atoms with Crippen LogP contribution in [0.4, 0.5) is 0 Å². The molecular weight excluding hydrogens is 1240 g/mol. The molecule has 12 nitrogen and oxygen atoms in total. The van der Waals surface area contributed by atoms with E-state index in [9.17, 15) is 0 Å². The number of pyridine rings is 5. The van der Waals surface area contributed by atoms with E-state index in [2.05, 4.69) is 252 Å². The third-order valence-electron chi connectivity index (χ3n) is 20.7. The average molecular weight is 1290 g/mol. The highest BCUT2D eigenvalue weighted by Crippen LogP contribution is 2.55. The molecule has 101 heavy (non-hydrogen) atoms. The molecular formula is C89H50N12. The van der Waals surface area contributed by atoms with Crippen LogP contribution in [-0.2, 0) is 0 Å². The minimum absolute atomic E-state index is 0.470. The number of hydrogen-bond donors (Lipinski definition) is 3. The summed E-state index contributed by atoms with van der Waals surface area (Å²) in [6, 6.07) is 89.7. The van der Waals surface area contributed by atoms with Gasteiger partial charge in [-0.2, -0.15) is 0 Å². The first-order valence-electron chi connectivity index (χ1n) is 33.8. The summed E-state index contributed by atoms with van der Waals surface area (Å²) in [6.07, 6.45) is 9.39. The summed E-state index contributed by atoms with van der Waals surface area (Å²) in [5.41, 5.74) is 23.1. The fourth-order valence-corrected chi connectivity index (χ4v) is 16.3. The standard InChI is InChI=1S/C89H50N12/c1-3-20-52-51(18-1)47-94-70-35-14-28-61(73(52)70)76-75(56-24-13-34-69-63(56)45-50-17-2-7-30-65(50)95-69)78(89-92-42-16-43-93-89)77(71-39-38-49-37-36-48-19-15-41-90-80(48)81(49)99-71)88-87(76)101-85-72(100-88)46-64(59-27-11-25-57-53-21-4-8-31-66(53)96-82(57)59)74(62-29-12-26-58-54-22-5-9-32-67(54)97-83(58)62)79(85)86-84-60(40-44-91-86)55-23-6-10-33-68(55)98-84/h1-47,96-98H. The van der Waals surface area contributed by atoms with E-state index in [0.29, 0.717) is 50.4 Å². The topological polar surface area (TPSA) is 163 Å². The molecule has 0 spiro atoms. The monoisotopic (exact) mass is 1290 g/mol. The first kappa shape index (κ1) is 55.2. The second-order valence-corrected chi connectivity index (χ2v) is 26.1. The lowest BCUT2D eigenvalue weighted by Gasteiger charge is -2.25. The lowest BCUT2D eigenvalue weighted by molar-refractivity contribution is 1.18. The molecule has 0 saturated heterocycles. The summed E-state index contributed by atoms with van der Waals surface area (Å²) in [6.45, 7) is 0. The van der Waals surface area contributed by atoms with Crippen molar-refractivity contribution in [3.8, 4) is 78.4 Å². The number of H-pyrrole nitrogens is 3. The fourth-order valence-electron chi connectivity index (χ4n) is 16.3. The van der Waals surface area contributed by atoms with Crippen molar-refractivity contribution in [1.29, 1.82) is 0 Å². The van der Waals surface area contributed by atoms with E-state index in [1.165, 1.54) is 0 Å². The van der Waals surface area contributed by atoms with Gasteiger partial charge >= 0.3 is 0 Å².